The molecule has 1 aromatic rings. The number of benzene rings is 1. The average Bonchev–Trinajstić information content (AvgIpc) is 2.45. The lowest BCUT2D eigenvalue weighted by Gasteiger charge is -2.13. The maximum Gasteiger partial charge on any atom is 0.408 e. The van der Waals surface area contributed by atoms with E-state index in [9.17, 15) is 13.6 Å². The Morgan fingerprint density at radius 2 is 2.13 bits per heavy atom. The molecule has 80 valence electrons. The van der Waals surface area contributed by atoms with Crippen molar-refractivity contribution < 1.29 is 18.3 Å². The topological polar surface area (TPSA) is 38.3 Å². The second-order valence-corrected chi connectivity index (χ2v) is 3.40. The van der Waals surface area contributed by atoms with Crippen LogP contribution in [-0.4, -0.2) is 12.2 Å². The number of alkyl carbamates (subject to hydrolysis) is 1. The van der Waals surface area contributed by atoms with Crippen LogP contribution in [0.2, 0.25) is 0 Å². The number of nitrogens with one attached hydrogen (secondary N) is 1. The van der Waals surface area contributed by atoms with Gasteiger partial charge in [-0.1, -0.05) is 6.07 Å². The van der Waals surface area contributed by atoms with Crippen molar-refractivity contribution in [3.8, 4) is 0 Å². The van der Waals surface area contributed by atoms with E-state index in [-0.39, 0.29) is 5.56 Å². The van der Waals surface area contributed by atoms with E-state index in [4.69, 9.17) is 4.74 Å². The van der Waals surface area contributed by atoms with Crippen LogP contribution in [0, 0.1) is 11.6 Å². The van der Waals surface area contributed by atoms with Crippen molar-refractivity contribution in [2.24, 2.45) is 0 Å². The largest absolute Gasteiger partial charge is 0.444 e. The number of hydrogen-bond acceptors (Lipinski definition) is 2. The molecule has 1 heterocycles. The van der Waals surface area contributed by atoms with E-state index < -0.39 is 29.9 Å². The zero-order valence-electron chi connectivity index (χ0n) is 7.96. The zero-order valence-corrected chi connectivity index (χ0v) is 7.96. The molecule has 0 aliphatic carbocycles. The Hall–Kier alpha value is -1.65. The molecule has 2 atom stereocenters. The lowest BCUT2D eigenvalue weighted by Crippen LogP contribution is -2.22. The SMILES string of the molecule is C[C@H]1OC(=O)NC1c1ccc(F)cc1F. The molecule has 5 heteroatoms. The number of carbonyl (C=O) groups is 1. The highest BCUT2D eigenvalue weighted by Gasteiger charge is 2.33. The van der Waals surface area contributed by atoms with Gasteiger partial charge < -0.3 is 10.1 Å². The third-order valence-electron chi connectivity index (χ3n) is 2.33. The van der Waals surface area contributed by atoms with E-state index >= 15 is 0 Å². The normalized spacial score (nSPS) is 24.9. The second-order valence-electron chi connectivity index (χ2n) is 3.40. The van der Waals surface area contributed by atoms with Gasteiger partial charge in [0.1, 0.15) is 17.7 Å². The molecule has 1 aliphatic heterocycles. The fraction of sp³-hybridized carbons (Fsp3) is 0.300. The first-order valence-electron chi connectivity index (χ1n) is 4.50. The van der Waals surface area contributed by atoms with Gasteiger partial charge in [-0.05, 0) is 13.0 Å². The number of carbonyl (C=O) groups excluding carboxylic acids is 1. The number of ether oxygens (including phenoxy) is 1. The number of hydrogen-bond donors (Lipinski definition) is 1. The molecule has 0 aromatic heterocycles. The first kappa shape index (κ1) is 9.89. The molecular weight excluding hydrogens is 204 g/mol. The summed E-state index contributed by atoms with van der Waals surface area (Å²) in [6.45, 7) is 1.64. The molecule has 0 bridgehead atoms. The van der Waals surface area contributed by atoms with E-state index in [0.29, 0.717) is 0 Å². The van der Waals surface area contributed by atoms with Gasteiger partial charge in [-0.15, -0.1) is 0 Å². The van der Waals surface area contributed by atoms with Gasteiger partial charge in [-0.3, -0.25) is 0 Å². The van der Waals surface area contributed by atoms with Gasteiger partial charge in [0.05, 0.1) is 6.04 Å². The van der Waals surface area contributed by atoms with Crippen LogP contribution >= 0.6 is 0 Å². The van der Waals surface area contributed by atoms with Crippen molar-refractivity contribution >= 4 is 6.09 Å². The average molecular weight is 213 g/mol. The minimum atomic E-state index is -0.683. The van der Waals surface area contributed by atoms with Crippen LogP contribution in [0.15, 0.2) is 18.2 Å². The predicted octanol–water partition coefficient (Wildman–Crippen LogP) is 2.13. The van der Waals surface area contributed by atoms with Crippen LogP contribution < -0.4 is 5.32 Å². The molecule has 1 N–H and O–H groups in total. The van der Waals surface area contributed by atoms with E-state index in [2.05, 4.69) is 5.32 Å². The molecule has 1 unspecified atom stereocenters. The summed E-state index contributed by atoms with van der Waals surface area (Å²) < 4.78 is 30.8. The van der Waals surface area contributed by atoms with E-state index in [1.165, 1.54) is 6.07 Å². The Balaban J connectivity index is 2.33. The number of halogens is 2. The maximum atomic E-state index is 13.4. The fourth-order valence-electron chi connectivity index (χ4n) is 1.60. The second kappa shape index (κ2) is 3.49. The molecule has 1 aromatic carbocycles. The standard InChI is InChI=1S/C10H9F2NO2/c1-5-9(13-10(14)15-5)7-3-2-6(11)4-8(7)12/h2-5,9H,1H3,(H,13,14)/t5-,9?/m1/s1. The highest BCUT2D eigenvalue weighted by molar-refractivity contribution is 5.70. The molecule has 15 heavy (non-hydrogen) atoms. The lowest BCUT2D eigenvalue weighted by molar-refractivity contribution is 0.141. The van der Waals surface area contributed by atoms with Crippen molar-refractivity contribution in [3.05, 3.63) is 35.4 Å². The Kier molecular flexibility index (Phi) is 2.30. The van der Waals surface area contributed by atoms with Gasteiger partial charge >= 0.3 is 6.09 Å². The minimum absolute atomic E-state index is 0.231. The Labute approximate surface area is 85.0 Å². The van der Waals surface area contributed by atoms with Crippen LogP contribution in [-0.2, 0) is 4.74 Å². The molecule has 0 spiro atoms. The third kappa shape index (κ3) is 1.77. The van der Waals surface area contributed by atoms with Gasteiger partial charge in [0.25, 0.3) is 0 Å². The van der Waals surface area contributed by atoms with Crippen LogP contribution in [0.3, 0.4) is 0 Å². The van der Waals surface area contributed by atoms with Gasteiger partial charge in [-0.2, -0.15) is 0 Å². The molecule has 1 saturated heterocycles. The maximum absolute atomic E-state index is 13.4. The fourth-order valence-corrected chi connectivity index (χ4v) is 1.60. The smallest absolute Gasteiger partial charge is 0.408 e. The summed E-state index contributed by atoms with van der Waals surface area (Å²) in [5.74, 6) is -1.33. The lowest BCUT2D eigenvalue weighted by atomic mass is 10.0. The highest BCUT2D eigenvalue weighted by atomic mass is 19.1. The molecule has 0 saturated carbocycles. The summed E-state index contributed by atoms with van der Waals surface area (Å²) in [6, 6.07) is 2.68. The van der Waals surface area contributed by atoms with Crippen molar-refractivity contribution in [1.82, 2.24) is 5.32 Å². The zero-order chi connectivity index (χ0) is 11.0. The van der Waals surface area contributed by atoms with Gasteiger partial charge in [0.15, 0.2) is 0 Å². The minimum Gasteiger partial charge on any atom is -0.444 e. The molecule has 2 rings (SSSR count). The van der Waals surface area contributed by atoms with Crippen LogP contribution in [0.5, 0.6) is 0 Å². The summed E-state index contributed by atoms with van der Waals surface area (Å²) in [7, 11) is 0. The van der Waals surface area contributed by atoms with Gasteiger partial charge in [0.2, 0.25) is 0 Å². The van der Waals surface area contributed by atoms with E-state index in [1.807, 2.05) is 0 Å². The van der Waals surface area contributed by atoms with Crippen molar-refractivity contribution in [1.29, 1.82) is 0 Å². The van der Waals surface area contributed by atoms with Crippen molar-refractivity contribution in [2.75, 3.05) is 0 Å². The quantitative estimate of drug-likeness (QED) is 0.776. The number of cyclic esters (lactones) is 1. The molecule has 3 nitrogen and oxygen atoms in total. The molecule has 1 fully saturated rings. The third-order valence-corrected chi connectivity index (χ3v) is 2.33. The van der Waals surface area contributed by atoms with Gasteiger partial charge in [-0.25, -0.2) is 13.6 Å². The number of amides is 1. The van der Waals surface area contributed by atoms with E-state index in [0.717, 1.165) is 12.1 Å². The van der Waals surface area contributed by atoms with Crippen molar-refractivity contribution in [2.45, 2.75) is 19.1 Å². The van der Waals surface area contributed by atoms with Crippen LogP contribution in [0.1, 0.15) is 18.5 Å². The molecule has 1 amide bonds. The first-order chi connectivity index (χ1) is 7.08. The summed E-state index contributed by atoms with van der Waals surface area (Å²) in [6.07, 6.45) is -1.05. The summed E-state index contributed by atoms with van der Waals surface area (Å²) in [5, 5.41) is 2.46. The summed E-state index contributed by atoms with van der Waals surface area (Å²) in [5.41, 5.74) is 0.231. The Morgan fingerprint density at radius 3 is 2.67 bits per heavy atom. The highest BCUT2D eigenvalue weighted by Crippen LogP contribution is 2.26. The molecule has 1 aliphatic rings. The Morgan fingerprint density at radius 1 is 1.40 bits per heavy atom. The number of rotatable bonds is 1. The van der Waals surface area contributed by atoms with Crippen LogP contribution in [0.4, 0.5) is 13.6 Å². The predicted molar refractivity (Wildman–Crippen MR) is 48.2 cm³/mol. The molecular formula is C10H9F2NO2. The van der Waals surface area contributed by atoms with E-state index in [1.54, 1.807) is 6.92 Å². The Bertz CT molecular complexity index is 408. The molecule has 0 radical (unpaired) electrons. The van der Waals surface area contributed by atoms with Crippen molar-refractivity contribution in [3.63, 3.8) is 0 Å². The van der Waals surface area contributed by atoms with Gasteiger partial charge in [0, 0.05) is 11.6 Å². The van der Waals surface area contributed by atoms with Crippen LogP contribution in [0.25, 0.3) is 0 Å². The summed E-state index contributed by atoms with van der Waals surface area (Å²) >= 11 is 0. The summed E-state index contributed by atoms with van der Waals surface area (Å²) in [4.78, 5) is 10.9. The monoisotopic (exact) mass is 213 g/mol. The first-order valence-corrected chi connectivity index (χ1v) is 4.50.